The van der Waals surface area contributed by atoms with Gasteiger partial charge in [0, 0.05) is 34.8 Å². The van der Waals surface area contributed by atoms with Crippen LogP contribution in [-0.2, 0) is 6.42 Å². The predicted octanol–water partition coefficient (Wildman–Crippen LogP) is 7.69. The van der Waals surface area contributed by atoms with Crippen LogP contribution < -0.4 is 0 Å². The zero-order valence-electron chi connectivity index (χ0n) is 22.5. The normalized spacial score (nSPS) is 27.1. The quantitative estimate of drug-likeness (QED) is 0.235. The Morgan fingerprint density at radius 2 is 1.78 bits per heavy atom. The molecule has 0 bridgehead atoms. The average molecular weight is 663 g/mol. The Bertz CT molecular complexity index is 1430. The summed E-state index contributed by atoms with van der Waals surface area (Å²) in [6.45, 7) is 5.03. The molecule has 5 rings (SSSR count). The minimum atomic E-state index is -4.87. The molecule has 3 aliphatic rings. The van der Waals surface area contributed by atoms with E-state index < -0.39 is 65.1 Å². The Morgan fingerprint density at radius 3 is 2.39 bits per heavy atom. The summed E-state index contributed by atoms with van der Waals surface area (Å²) in [5, 5.41) is 4.59. The van der Waals surface area contributed by atoms with Gasteiger partial charge in [-0.1, -0.05) is 12.8 Å². The van der Waals surface area contributed by atoms with Crippen molar-refractivity contribution >= 4 is 33.4 Å². The molecule has 2 aliphatic carbocycles. The Labute approximate surface area is 246 Å². The van der Waals surface area contributed by atoms with Crippen molar-refractivity contribution in [1.82, 2.24) is 9.99 Å². The summed E-state index contributed by atoms with van der Waals surface area (Å²) in [4.78, 5) is 4.62. The molecule has 0 spiro atoms. The van der Waals surface area contributed by atoms with Crippen LogP contribution in [0.3, 0.4) is 0 Å². The lowest BCUT2D eigenvalue weighted by atomic mass is 9.88. The van der Waals surface area contributed by atoms with Crippen LogP contribution in [0.15, 0.2) is 39.9 Å². The fraction of sp³-hybridized carbons (Fsp3) is 0.517. The summed E-state index contributed by atoms with van der Waals surface area (Å²) < 4.78 is 101. The maximum Gasteiger partial charge on any atom is 0.431 e. The standard InChI is InChI=1S/C29H27BrF7N3S/c1-14-21-22-25(29(35,36)37)39-40(26(22)28(33,34)23(14)21)13-16(9-15-10-17(31)12-18(32)11-15)24-20(30)6-5-19(38-24)7-8-27(2,3)41-4/h5-6,10-12,14,16,21-23,26H,9,13H2,1-4H3/t14?,16-,21?,22?,23?,26?/m1/s1. The number of fused-ring (bicyclic) bond motifs is 3. The van der Waals surface area contributed by atoms with Crippen molar-refractivity contribution in [3.8, 4) is 11.8 Å². The molecule has 41 heavy (non-hydrogen) atoms. The van der Waals surface area contributed by atoms with Crippen LogP contribution in [0, 0.1) is 47.1 Å². The first-order valence-corrected chi connectivity index (χ1v) is 15.0. The van der Waals surface area contributed by atoms with Crippen molar-refractivity contribution in [2.24, 2.45) is 28.8 Å². The molecule has 2 heterocycles. The first kappa shape index (κ1) is 30.2. The molecule has 0 radical (unpaired) electrons. The van der Waals surface area contributed by atoms with Crippen molar-refractivity contribution in [2.75, 3.05) is 12.8 Å². The van der Waals surface area contributed by atoms with Crippen LogP contribution in [0.5, 0.6) is 0 Å². The number of thioether (sulfide) groups is 1. The zero-order chi connectivity index (χ0) is 30.1. The second-order valence-electron chi connectivity index (χ2n) is 11.4. The maximum atomic E-state index is 15.5. The number of hydrogen-bond donors (Lipinski definition) is 0. The highest BCUT2D eigenvalue weighted by molar-refractivity contribution is 9.10. The van der Waals surface area contributed by atoms with Crippen molar-refractivity contribution in [1.29, 1.82) is 0 Å². The SMILES string of the molecule is CSC(C)(C)C#Cc1ccc(Br)c([C@H](Cc2cc(F)cc(F)c2)CN2N=C(C(F)(F)F)C3C4C(C)C4C(F)(F)C32)n1. The molecule has 2 saturated carbocycles. The highest BCUT2D eigenvalue weighted by atomic mass is 79.9. The van der Waals surface area contributed by atoms with Gasteiger partial charge in [-0.3, -0.25) is 5.01 Å². The largest absolute Gasteiger partial charge is 0.431 e. The van der Waals surface area contributed by atoms with E-state index in [-0.39, 0.29) is 23.3 Å². The van der Waals surface area contributed by atoms with Gasteiger partial charge >= 0.3 is 6.18 Å². The van der Waals surface area contributed by atoms with Gasteiger partial charge in [-0.25, -0.2) is 22.5 Å². The second kappa shape index (κ2) is 10.5. The molecule has 0 N–H and O–H groups in total. The Balaban J connectivity index is 1.56. The first-order valence-electron chi connectivity index (χ1n) is 13.0. The third-order valence-electron chi connectivity index (χ3n) is 8.28. The highest BCUT2D eigenvalue weighted by Crippen LogP contribution is 2.70. The third kappa shape index (κ3) is 5.73. The smallest absolute Gasteiger partial charge is 0.286 e. The molecule has 3 nitrogen and oxygen atoms in total. The lowest BCUT2D eigenvalue weighted by molar-refractivity contribution is -0.0889. The van der Waals surface area contributed by atoms with Crippen LogP contribution in [0.2, 0.25) is 0 Å². The lowest BCUT2D eigenvalue weighted by Crippen LogP contribution is -2.48. The molecule has 5 unspecified atom stereocenters. The van der Waals surface area contributed by atoms with E-state index in [0.29, 0.717) is 21.9 Å². The molecule has 0 saturated heterocycles. The Kier molecular flexibility index (Phi) is 7.72. The number of alkyl halides is 5. The molecule has 2 aromatic rings. The summed E-state index contributed by atoms with van der Waals surface area (Å²) in [7, 11) is 0. The van der Waals surface area contributed by atoms with Crippen LogP contribution in [0.1, 0.15) is 43.6 Å². The molecule has 1 aromatic carbocycles. The number of nitrogens with zero attached hydrogens (tertiary/aromatic N) is 3. The van der Waals surface area contributed by atoms with Gasteiger partial charge in [-0.05, 0) is 90.0 Å². The van der Waals surface area contributed by atoms with E-state index in [1.807, 2.05) is 20.1 Å². The molecule has 0 amide bonds. The monoisotopic (exact) mass is 661 g/mol. The van der Waals surface area contributed by atoms with E-state index in [2.05, 4.69) is 37.9 Å². The van der Waals surface area contributed by atoms with Gasteiger partial charge in [-0.15, -0.1) is 11.8 Å². The minimum Gasteiger partial charge on any atom is -0.286 e. The fourth-order valence-corrected chi connectivity index (χ4v) is 6.95. The van der Waals surface area contributed by atoms with Crippen molar-refractivity contribution < 1.29 is 30.7 Å². The van der Waals surface area contributed by atoms with E-state index in [1.165, 1.54) is 11.8 Å². The van der Waals surface area contributed by atoms with Gasteiger partial charge in [0.25, 0.3) is 5.92 Å². The Morgan fingerprint density at radius 1 is 1.12 bits per heavy atom. The number of benzene rings is 1. The minimum absolute atomic E-state index is 0.0902. The summed E-state index contributed by atoms with van der Waals surface area (Å²) >= 11 is 4.96. The zero-order valence-corrected chi connectivity index (χ0v) is 24.9. The summed E-state index contributed by atoms with van der Waals surface area (Å²) in [5.74, 6) is -3.75. The Hall–Kier alpha value is -2.26. The van der Waals surface area contributed by atoms with Crippen LogP contribution in [-0.4, -0.2) is 51.4 Å². The number of halogens is 8. The van der Waals surface area contributed by atoms with Gasteiger partial charge in [0.2, 0.25) is 0 Å². The summed E-state index contributed by atoms with van der Waals surface area (Å²) in [5.41, 5.74) is -0.316. The maximum absolute atomic E-state index is 15.5. The van der Waals surface area contributed by atoms with Gasteiger partial charge < -0.3 is 0 Å². The number of hydrazone groups is 1. The highest BCUT2D eigenvalue weighted by Gasteiger charge is 2.80. The number of rotatable bonds is 6. The van der Waals surface area contributed by atoms with Gasteiger partial charge in [0.05, 0.1) is 10.4 Å². The molecule has 2 fully saturated rings. The summed E-state index contributed by atoms with van der Waals surface area (Å²) in [6.07, 6.45) is -3.05. The number of pyridine rings is 1. The first-order chi connectivity index (χ1) is 19.0. The van der Waals surface area contributed by atoms with E-state index >= 15 is 8.78 Å². The molecule has 6 atom stereocenters. The van der Waals surface area contributed by atoms with Crippen molar-refractivity contribution in [2.45, 2.75) is 56.0 Å². The summed E-state index contributed by atoms with van der Waals surface area (Å²) in [6, 6.07) is 4.46. The average Bonchev–Trinajstić information content (AvgIpc) is 3.26. The van der Waals surface area contributed by atoms with Crippen LogP contribution in [0.4, 0.5) is 30.7 Å². The van der Waals surface area contributed by atoms with E-state index in [9.17, 15) is 22.0 Å². The van der Waals surface area contributed by atoms with Gasteiger partial charge in [0.1, 0.15) is 29.1 Å². The van der Waals surface area contributed by atoms with Gasteiger partial charge in [0.15, 0.2) is 0 Å². The number of hydrogen-bond acceptors (Lipinski definition) is 4. The van der Waals surface area contributed by atoms with E-state index in [0.717, 1.165) is 17.1 Å². The van der Waals surface area contributed by atoms with Crippen LogP contribution in [0.25, 0.3) is 0 Å². The molecule has 1 aliphatic heterocycles. The molecular formula is C29H27BrF7N3S. The van der Waals surface area contributed by atoms with Crippen LogP contribution >= 0.6 is 27.7 Å². The van der Waals surface area contributed by atoms with Crippen molar-refractivity contribution in [3.63, 3.8) is 0 Å². The van der Waals surface area contributed by atoms with Gasteiger partial charge in [-0.2, -0.15) is 18.3 Å². The predicted molar refractivity (Wildman–Crippen MR) is 148 cm³/mol. The van der Waals surface area contributed by atoms with Crippen molar-refractivity contribution in [3.05, 3.63) is 63.4 Å². The third-order valence-corrected chi connectivity index (χ3v) is 10.1. The van der Waals surface area contributed by atoms with E-state index in [1.54, 1.807) is 19.1 Å². The lowest BCUT2D eigenvalue weighted by Gasteiger charge is -2.33. The molecular weight excluding hydrogens is 635 g/mol. The topological polar surface area (TPSA) is 28.5 Å². The molecule has 12 heteroatoms. The number of aromatic nitrogens is 1. The molecule has 1 aromatic heterocycles. The second-order valence-corrected chi connectivity index (χ2v) is 13.7. The fourth-order valence-electron chi connectivity index (χ4n) is 6.25. The van der Waals surface area contributed by atoms with E-state index in [4.69, 9.17) is 0 Å². The molecule has 220 valence electrons.